The first-order valence-electron chi connectivity index (χ1n) is 8.95. The third-order valence-corrected chi connectivity index (χ3v) is 5.16. The van der Waals surface area contributed by atoms with Crippen molar-refractivity contribution in [2.24, 2.45) is 0 Å². The van der Waals surface area contributed by atoms with Crippen LogP contribution in [0.1, 0.15) is 26.3 Å². The molecule has 0 radical (unpaired) electrons. The lowest BCUT2D eigenvalue weighted by molar-refractivity contribution is -0.139. The number of ether oxygens (including phenoxy) is 1. The van der Waals surface area contributed by atoms with Crippen LogP contribution < -0.4 is 10.0 Å². The van der Waals surface area contributed by atoms with Gasteiger partial charge in [0.15, 0.2) is 0 Å². The zero-order valence-corrected chi connectivity index (χ0v) is 17.5. The molecule has 0 aromatic heterocycles. The summed E-state index contributed by atoms with van der Waals surface area (Å²) < 4.78 is 45.1. The number of carboxylic acids is 1. The Morgan fingerprint density at radius 3 is 2.13 bits per heavy atom. The number of nitrogens with one attached hydrogen (secondary N) is 2. The first kappa shape index (κ1) is 23.1. The van der Waals surface area contributed by atoms with E-state index in [0.29, 0.717) is 5.56 Å². The van der Waals surface area contributed by atoms with Crippen LogP contribution in [0.15, 0.2) is 53.4 Å². The van der Waals surface area contributed by atoms with Gasteiger partial charge in [0, 0.05) is 12.1 Å². The quantitative estimate of drug-likeness (QED) is 0.611. The number of rotatable bonds is 7. The number of carbonyl (C=O) groups is 2. The average molecular weight is 438 g/mol. The van der Waals surface area contributed by atoms with Crippen molar-refractivity contribution in [3.05, 3.63) is 59.9 Å². The Bertz CT molecular complexity index is 999. The van der Waals surface area contributed by atoms with E-state index in [9.17, 15) is 27.5 Å². The molecule has 0 aliphatic heterocycles. The average Bonchev–Trinajstić information content (AvgIpc) is 2.61. The third-order valence-electron chi connectivity index (χ3n) is 3.76. The molecular weight excluding hydrogens is 415 g/mol. The Morgan fingerprint density at radius 1 is 1.07 bits per heavy atom. The Labute approximate surface area is 174 Å². The van der Waals surface area contributed by atoms with E-state index in [-0.39, 0.29) is 17.0 Å². The van der Waals surface area contributed by atoms with Crippen molar-refractivity contribution >= 4 is 27.8 Å². The summed E-state index contributed by atoms with van der Waals surface area (Å²) in [5.74, 6) is -1.78. The van der Waals surface area contributed by atoms with Gasteiger partial charge in [0.1, 0.15) is 17.5 Å². The summed E-state index contributed by atoms with van der Waals surface area (Å²) in [6.07, 6.45) is -0.877. The molecule has 0 fully saturated rings. The highest BCUT2D eigenvalue weighted by atomic mass is 32.2. The minimum absolute atomic E-state index is 0.0282. The molecule has 1 amide bonds. The van der Waals surface area contributed by atoms with Gasteiger partial charge in [-0.2, -0.15) is 0 Å². The van der Waals surface area contributed by atoms with Crippen LogP contribution in [-0.2, 0) is 26.0 Å². The summed E-state index contributed by atoms with van der Waals surface area (Å²) in [4.78, 5) is 23.2. The fourth-order valence-corrected chi connectivity index (χ4v) is 3.48. The van der Waals surface area contributed by atoms with Gasteiger partial charge in [0.2, 0.25) is 0 Å². The molecule has 2 aromatic rings. The highest BCUT2D eigenvalue weighted by Crippen LogP contribution is 2.18. The second-order valence-corrected chi connectivity index (χ2v) is 9.18. The van der Waals surface area contributed by atoms with Gasteiger partial charge >= 0.3 is 12.1 Å². The fourth-order valence-electron chi connectivity index (χ4n) is 2.42. The van der Waals surface area contributed by atoms with Crippen molar-refractivity contribution in [3.8, 4) is 0 Å². The van der Waals surface area contributed by atoms with E-state index >= 15 is 0 Å². The van der Waals surface area contributed by atoms with Crippen LogP contribution in [0.5, 0.6) is 0 Å². The smallest absolute Gasteiger partial charge is 0.408 e. The molecule has 10 heteroatoms. The zero-order valence-electron chi connectivity index (χ0n) is 16.7. The van der Waals surface area contributed by atoms with Crippen molar-refractivity contribution in [1.82, 2.24) is 5.32 Å². The minimum atomic E-state index is -3.90. The zero-order chi connectivity index (χ0) is 22.5. The van der Waals surface area contributed by atoms with E-state index < -0.39 is 39.5 Å². The lowest BCUT2D eigenvalue weighted by atomic mass is 10.1. The molecule has 1 atom stereocenters. The lowest BCUT2D eigenvalue weighted by Gasteiger charge is -2.22. The van der Waals surface area contributed by atoms with Crippen LogP contribution in [-0.4, -0.2) is 37.2 Å². The largest absolute Gasteiger partial charge is 0.480 e. The van der Waals surface area contributed by atoms with Gasteiger partial charge in [-0.3, -0.25) is 4.72 Å². The summed E-state index contributed by atoms with van der Waals surface area (Å²) in [5, 5.41) is 11.6. The van der Waals surface area contributed by atoms with Crippen LogP contribution in [0.25, 0.3) is 0 Å². The van der Waals surface area contributed by atoms with Crippen LogP contribution in [0.4, 0.5) is 14.9 Å². The summed E-state index contributed by atoms with van der Waals surface area (Å²) >= 11 is 0. The molecule has 162 valence electrons. The maximum Gasteiger partial charge on any atom is 0.408 e. The van der Waals surface area contributed by atoms with E-state index in [0.717, 1.165) is 24.3 Å². The Kier molecular flexibility index (Phi) is 7.04. The number of amides is 1. The van der Waals surface area contributed by atoms with E-state index in [1.54, 1.807) is 20.8 Å². The van der Waals surface area contributed by atoms with E-state index in [2.05, 4.69) is 10.0 Å². The first-order chi connectivity index (χ1) is 13.9. The second-order valence-electron chi connectivity index (χ2n) is 7.50. The third kappa shape index (κ3) is 7.03. The van der Waals surface area contributed by atoms with Crippen molar-refractivity contribution in [3.63, 3.8) is 0 Å². The second kappa shape index (κ2) is 9.12. The van der Waals surface area contributed by atoms with Crippen LogP contribution in [0.3, 0.4) is 0 Å². The molecule has 0 aliphatic carbocycles. The maximum atomic E-state index is 13.0. The number of benzene rings is 2. The molecule has 0 heterocycles. The normalized spacial score (nSPS) is 12.7. The predicted molar refractivity (Wildman–Crippen MR) is 108 cm³/mol. The molecule has 1 unspecified atom stereocenters. The van der Waals surface area contributed by atoms with Gasteiger partial charge < -0.3 is 15.2 Å². The van der Waals surface area contributed by atoms with Crippen molar-refractivity contribution < 1.29 is 32.2 Å². The number of halogens is 1. The van der Waals surface area contributed by atoms with Crippen molar-refractivity contribution in [1.29, 1.82) is 0 Å². The predicted octanol–water partition coefficient (Wildman–Crippen LogP) is 3.15. The van der Waals surface area contributed by atoms with Crippen LogP contribution >= 0.6 is 0 Å². The number of sulfonamides is 1. The summed E-state index contributed by atoms with van der Waals surface area (Å²) in [5.41, 5.74) is 0.0365. The summed E-state index contributed by atoms with van der Waals surface area (Å²) in [6.45, 7) is 4.98. The number of hydrogen-bond donors (Lipinski definition) is 3. The molecule has 0 bridgehead atoms. The van der Waals surface area contributed by atoms with E-state index in [4.69, 9.17) is 4.74 Å². The number of anilines is 1. The molecule has 30 heavy (non-hydrogen) atoms. The minimum Gasteiger partial charge on any atom is -0.480 e. The van der Waals surface area contributed by atoms with Crippen LogP contribution in [0.2, 0.25) is 0 Å². The van der Waals surface area contributed by atoms with Gasteiger partial charge in [-0.05, 0) is 62.7 Å². The van der Waals surface area contributed by atoms with E-state index in [1.807, 2.05) is 0 Å². The highest BCUT2D eigenvalue weighted by Gasteiger charge is 2.24. The molecule has 0 aliphatic rings. The summed E-state index contributed by atoms with van der Waals surface area (Å²) in [7, 11) is -3.90. The number of hydrogen-bond acceptors (Lipinski definition) is 5. The van der Waals surface area contributed by atoms with E-state index in [1.165, 1.54) is 24.3 Å². The Balaban J connectivity index is 2.05. The Hall–Kier alpha value is -3.14. The molecule has 2 rings (SSSR count). The fraction of sp³-hybridized carbons (Fsp3) is 0.300. The summed E-state index contributed by atoms with van der Waals surface area (Å²) in [6, 6.07) is 9.15. The number of aliphatic carboxylic acids is 1. The number of carboxylic acid groups (broad SMARTS) is 1. The first-order valence-corrected chi connectivity index (χ1v) is 10.4. The number of alkyl carbamates (subject to hydrolysis) is 1. The van der Waals surface area contributed by atoms with Gasteiger partial charge in [-0.1, -0.05) is 12.1 Å². The lowest BCUT2D eigenvalue weighted by Crippen LogP contribution is -2.44. The van der Waals surface area contributed by atoms with Crippen molar-refractivity contribution in [2.75, 3.05) is 4.72 Å². The molecular formula is C20H23FN2O6S. The Morgan fingerprint density at radius 2 is 1.63 bits per heavy atom. The SMILES string of the molecule is CC(C)(C)OC(=O)NC(Cc1ccc(NS(=O)(=O)c2ccc(F)cc2)cc1)C(=O)O. The van der Waals surface area contributed by atoms with Crippen molar-refractivity contribution in [2.45, 2.75) is 43.7 Å². The highest BCUT2D eigenvalue weighted by molar-refractivity contribution is 7.92. The molecule has 3 N–H and O–H groups in total. The standard InChI is InChI=1S/C20H23FN2O6S/c1-20(2,3)29-19(26)22-17(18(24)25)12-13-4-8-15(9-5-13)23-30(27,28)16-10-6-14(21)7-11-16/h4-11,17,23H,12H2,1-3H3,(H,22,26)(H,24,25). The monoisotopic (exact) mass is 438 g/mol. The molecule has 0 saturated heterocycles. The van der Waals surface area contributed by atoms with Gasteiger partial charge in [0.05, 0.1) is 4.90 Å². The maximum absolute atomic E-state index is 13.0. The molecule has 8 nitrogen and oxygen atoms in total. The van der Waals surface area contributed by atoms with Crippen LogP contribution in [0, 0.1) is 5.82 Å². The topological polar surface area (TPSA) is 122 Å². The van der Waals surface area contributed by atoms with Gasteiger partial charge in [-0.15, -0.1) is 0 Å². The molecule has 0 saturated carbocycles. The molecule has 2 aromatic carbocycles. The molecule has 0 spiro atoms. The van der Waals surface area contributed by atoms with Gasteiger partial charge in [-0.25, -0.2) is 22.4 Å². The van der Waals surface area contributed by atoms with Gasteiger partial charge in [0.25, 0.3) is 10.0 Å². The number of carbonyl (C=O) groups excluding carboxylic acids is 1.